The lowest BCUT2D eigenvalue weighted by atomic mass is 9.97. The van der Waals surface area contributed by atoms with Gasteiger partial charge in [-0.05, 0) is 38.6 Å². The molecule has 0 bridgehead atoms. The largest absolute Gasteiger partial charge is 0.481 e. The van der Waals surface area contributed by atoms with E-state index in [9.17, 15) is 68.4 Å². The van der Waals surface area contributed by atoms with Crippen molar-refractivity contribution in [3.63, 3.8) is 0 Å². The fraction of sp³-hybridized carbons (Fsp3) is 0.706. The van der Waals surface area contributed by atoms with Gasteiger partial charge in [-0.2, -0.15) is 25.3 Å². The Kier molecular flexibility index (Phi) is 27.1. The second-order valence-corrected chi connectivity index (χ2v) is 14.5. The van der Waals surface area contributed by atoms with Crippen LogP contribution in [0.4, 0.5) is 0 Å². The topological polar surface area (TPSA) is 420 Å². The number of carboxylic acids is 2. The third kappa shape index (κ3) is 20.1. The van der Waals surface area contributed by atoms with E-state index >= 15 is 0 Å². The number of aliphatic carboxylic acids is 2. The molecule has 17 N–H and O–H groups in total. The average molecular weight is 913 g/mol. The highest BCUT2D eigenvalue weighted by atomic mass is 32.1. The van der Waals surface area contributed by atoms with Crippen molar-refractivity contribution in [3.8, 4) is 0 Å². The van der Waals surface area contributed by atoms with Crippen LogP contribution in [-0.4, -0.2) is 177 Å². The second-order valence-electron chi connectivity index (χ2n) is 13.7. The van der Waals surface area contributed by atoms with Crippen LogP contribution in [0.2, 0.25) is 0 Å². The smallest absolute Gasteiger partial charge is 0.328 e. The Labute approximate surface area is 362 Å². The molecule has 25 nitrogen and oxygen atoms in total. The lowest BCUT2D eigenvalue weighted by Gasteiger charge is -2.29. The predicted octanol–water partition coefficient (Wildman–Crippen LogP) is -7.22. The molecule has 0 aliphatic heterocycles. The highest BCUT2D eigenvalue weighted by molar-refractivity contribution is 7.80. The van der Waals surface area contributed by atoms with Crippen molar-refractivity contribution in [1.29, 1.82) is 0 Å². The first kappa shape index (κ1) is 56.2. The van der Waals surface area contributed by atoms with Crippen LogP contribution in [0.3, 0.4) is 0 Å². The maximum atomic E-state index is 13.6. The van der Waals surface area contributed by atoms with Gasteiger partial charge in [0.1, 0.15) is 48.3 Å². The highest BCUT2D eigenvalue weighted by Crippen LogP contribution is 2.10. The molecule has 0 aliphatic rings. The molecule has 0 aromatic carbocycles. The summed E-state index contributed by atoms with van der Waals surface area (Å²) >= 11 is 7.99. The lowest BCUT2D eigenvalue weighted by Crippen LogP contribution is -2.62. The minimum Gasteiger partial charge on any atom is -0.481 e. The SMILES string of the molecule is CC[C@H](C)[C@H](NC(=O)[C@H](CO)NC(=O)[C@H](CC(=O)O)NC(=O)[C@H](CS)NC(=O)[C@H](C)N)C(=O)N[C@@H](CO)C(=O)N[C@@H](CCCCN)C(=O)N[C@@H](CS)C(=O)N[C@@H](CO)C(=O)O. The quantitative estimate of drug-likeness (QED) is 0.0235. The first-order valence-electron chi connectivity index (χ1n) is 19.0. The number of rotatable bonds is 30. The Hall–Kier alpha value is -4.80. The summed E-state index contributed by atoms with van der Waals surface area (Å²) in [4.78, 5) is 127. The van der Waals surface area contributed by atoms with Gasteiger partial charge in [-0.25, -0.2) is 4.79 Å². The van der Waals surface area contributed by atoms with Crippen LogP contribution in [0.25, 0.3) is 0 Å². The minimum atomic E-state index is -1.84. The highest BCUT2D eigenvalue weighted by Gasteiger charge is 2.36. The average Bonchev–Trinajstić information content (AvgIpc) is 3.21. The first-order chi connectivity index (χ1) is 28.6. The summed E-state index contributed by atoms with van der Waals surface area (Å²) in [5.41, 5.74) is 11.1. The first-order valence-corrected chi connectivity index (χ1v) is 20.3. The number of thiol groups is 2. The van der Waals surface area contributed by atoms with Crippen molar-refractivity contribution >= 4 is 84.5 Å². The normalized spacial score (nSPS) is 15.9. The third-order valence-electron chi connectivity index (χ3n) is 8.86. The Morgan fingerprint density at radius 3 is 1.33 bits per heavy atom. The molecule has 27 heteroatoms. The van der Waals surface area contributed by atoms with Gasteiger partial charge < -0.3 is 79.5 Å². The van der Waals surface area contributed by atoms with Crippen LogP contribution in [0.15, 0.2) is 0 Å². The van der Waals surface area contributed by atoms with E-state index in [1.54, 1.807) is 6.92 Å². The number of carbonyl (C=O) groups is 10. The Bertz CT molecular complexity index is 1530. The standard InChI is InChI=1S/C34H60N10O15S2/c1-4-15(2)25(44-30(54)20(11-46)39-28(52)18(9-24(48)49)38-31(55)22(13-60)42-26(50)16(3)36)33(57)40-19(10-45)29(53)37-17(7-5-6-8-35)27(51)43-23(14-61)32(56)41-21(12-47)34(58)59/h15-23,25,45-47,60-61H,4-14,35-36H2,1-3H3,(H,37,53)(H,38,55)(H,39,52)(H,40,57)(H,41,56)(H,42,50)(H,43,51)(H,44,54)(H,48,49)(H,58,59)/t15-,16-,17-,18-,19-,20-,21-,22-,23-,25-/m0/s1. The molecule has 0 saturated carbocycles. The monoisotopic (exact) mass is 912 g/mol. The van der Waals surface area contributed by atoms with Crippen LogP contribution in [0.5, 0.6) is 0 Å². The van der Waals surface area contributed by atoms with E-state index in [0.29, 0.717) is 6.42 Å². The fourth-order valence-corrected chi connectivity index (χ4v) is 5.50. The van der Waals surface area contributed by atoms with Crippen molar-refractivity contribution in [2.45, 2.75) is 107 Å². The van der Waals surface area contributed by atoms with E-state index < -0.39 is 146 Å². The molecule has 0 radical (unpaired) electrons. The van der Waals surface area contributed by atoms with Crippen LogP contribution in [0.1, 0.15) is 52.9 Å². The molecule has 0 rings (SSSR count). The number of carboxylic acid groups (broad SMARTS) is 2. The number of unbranched alkanes of at least 4 members (excludes halogenated alkanes) is 1. The molecule has 8 amide bonds. The number of hydrogen-bond acceptors (Lipinski definition) is 17. The van der Waals surface area contributed by atoms with Gasteiger partial charge in [0, 0.05) is 11.5 Å². The molecule has 0 aromatic heterocycles. The number of amides is 8. The number of carbonyl (C=O) groups excluding carboxylic acids is 8. The van der Waals surface area contributed by atoms with Gasteiger partial charge in [-0.15, -0.1) is 0 Å². The minimum absolute atomic E-state index is 0.0487. The summed E-state index contributed by atoms with van der Waals surface area (Å²) < 4.78 is 0. The molecule has 0 fully saturated rings. The number of aliphatic hydroxyl groups excluding tert-OH is 3. The number of hydrogen-bond donors (Lipinski definition) is 17. The number of nitrogens with two attached hydrogens (primary N) is 2. The number of aliphatic hydroxyl groups is 3. The van der Waals surface area contributed by atoms with Crippen LogP contribution in [0, 0.1) is 5.92 Å². The van der Waals surface area contributed by atoms with Crippen LogP contribution in [-0.2, 0) is 47.9 Å². The zero-order chi connectivity index (χ0) is 47.0. The van der Waals surface area contributed by atoms with E-state index in [1.165, 1.54) is 13.8 Å². The van der Waals surface area contributed by atoms with E-state index in [4.69, 9.17) is 16.6 Å². The fourth-order valence-electron chi connectivity index (χ4n) is 4.99. The van der Waals surface area contributed by atoms with Gasteiger partial charge in [0.15, 0.2) is 0 Å². The van der Waals surface area contributed by atoms with Crippen molar-refractivity contribution in [3.05, 3.63) is 0 Å². The molecule has 0 unspecified atom stereocenters. The Morgan fingerprint density at radius 1 is 0.525 bits per heavy atom. The Balaban J connectivity index is 6.11. The molecule has 0 aromatic rings. The van der Waals surface area contributed by atoms with Gasteiger partial charge in [0.25, 0.3) is 0 Å². The molecule has 0 heterocycles. The summed E-state index contributed by atoms with van der Waals surface area (Å²) in [5, 5.41) is 65.8. The van der Waals surface area contributed by atoms with Gasteiger partial charge in [0.2, 0.25) is 47.3 Å². The summed E-state index contributed by atoms with van der Waals surface area (Å²) in [6.45, 7) is 1.65. The Morgan fingerprint density at radius 2 is 0.902 bits per heavy atom. The van der Waals surface area contributed by atoms with Crippen molar-refractivity contribution in [2.24, 2.45) is 17.4 Å². The molecule has 0 saturated heterocycles. The van der Waals surface area contributed by atoms with Crippen molar-refractivity contribution in [2.75, 3.05) is 37.9 Å². The molecule has 0 spiro atoms. The van der Waals surface area contributed by atoms with E-state index in [-0.39, 0.29) is 37.3 Å². The van der Waals surface area contributed by atoms with Gasteiger partial charge in [-0.1, -0.05) is 20.3 Å². The second kappa shape index (κ2) is 29.5. The van der Waals surface area contributed by atoms with Crippen LogP contribution < -0.4 is 54.0 Å². The van der Waals surface area contributed by atoms with E-state index in [0.717, 1.165) is 0 Å². The molecular weight excluding hydrogens is 853 g/mol. The van der Waals surface area contributed by atoms with E-state index in [1.807, 2.05) is 5.32 Å². The zero-order valence-electron chi connectivity index (χ0n) is 33.9. The zero-order valence-corrected chi connectivity index (χ0v) is 35.7. The van der Waals surface area contributed by atoms with Gasteiger partial charge >= 0.3 is 11.9 Å². The van der Waals surface area contributed by atoms with Crippen molar-refractivity contribution in [1.82, 2.24) is 42.5 Å². The van der Waals surface area contributed by atoms with Crippen molar-refractivity contribution < 1.29 is 73.5 Å². The maximum Gasteiger partial charge on any atom is 0.328 e. The molecule has 348 valence electrons. The molecular formula is C34H60N10O15S2. The van der Waals surface area contributed by atoms with Gasteiger partial charge in [-0.3, -0.25) is 43.2 Å². The van der Waals surface area contributed by atoms with E-state index in [2.05, 4.69) is 62.5 Å². The predicted molar refractivity (Wildman–Crippen MR) is 220 cm³/mol. The maximum absolute atomic E-state index is 13.6. The molecule has 0 aliphatic carbocycles. The third-order valence-corrected chi connectivity index (χ3v) is 9.59. The summed E-state index contributed by atoms with van der Waals surface area (Å²) in [5.74, 6) is -12.6. The number of nitrogens with one attached hydrogen (secondary N) is 8. The van der Waals surface area contributed by atoms with Crippen LogP contribution >= 0.6 is 25.3 Å². The summed E-state index contributed by atoms with van der Waals surface area (Å²) in [6.07, 6.45) is -0.132. The molecule has 61 heavy (non-hydrogen) atoms. The summed E-state index contributed by atoms with van der Waals surface area (Å²) in [7, 11) is 0. The summed E-state index contributed by atoms with van der Waals surface area (Å²) in [6, 6.07) is -13.8. The van der Waals surface area contributed by atoms with Gasteiger partial charge in [0.05, 0.1) is 32.3 Å². The molecule has 10 atom stereocenters. The lowest BCUT2D eigenvalue weighted by molar-refractivity contribution is -0.143.